The highest BCUT2D eigenvalue weighted by molar-refractivity contribution is 4.72. The van der Waals surface area contributed by atoms with Crippen LogP contribution in [0, 0.1) is 5.92 Å². The zero-order valence-electron chi connectivity index (χ0n) is 12.0. The van der Waals surface area contributed by atoms with Crippen molar-refractivity contribution in [3.05, 3.63) is 0 Å². The van der Waals surface area contributed by atoms with Crippen molar-refractivity contribution in [3.8, 4) is 0 Å². The lowest BCUT2D eigenvalue weighted by atomic mass is 10.1. The van der Waals surface area contributed by atoms with Crippen molar-refractivity contribution in [1.82, 2.24) is 10.2 Å². The maximum absolute atomic E-state index is 5.05. The SMILES string of the molecule is COCCCN(C)CC(C)CNC(C)(C)C. The summed E-state index contributed by atoms with van der Waals surface area (Å²) in [6.07, 6.45) is 1.12. The minimum Gasteiger partial charge on any atom is -0.385 e. The van der Waals surface area contributed by atoms with Gasteiger partial charge >= 0.3 is 0 Å². The molecule has 3 nitrogen and oxygen atoms in total. The number of nitrogens with one attached hydrogen (secondary N) is 1. The Morgan fingerprint density at radius 3 is 2.44 bits per heavy atom. The number of ether oxygens (including phenoxy) is 1. The van der Waals surface area contributed by atoms with E-state index in [1.165, 1.54) is 0 Å². The zero-order valence-corrected chi connectivity index (χ0v) is 12.0. The summed E-state index contributed by atoms with van der Waals surface area (Å²) in [4.78, 5) is 2.38. The van der Waals surface area contributed by atoms with Crippen molar-refractivity contribution in [2.45, 2.75) is 39.7 Å². The molecule has 0 aliphatic heterocycles. The van der Waals surface area contributed by atoms with Gasteiger partial charge in [0.15, 0.2) is 0 Å². The molecule has 0 saturated heterocycles. The summed E-state index contributed by atoms with van der Waals surface area (Å²) in [6, 6.07) is 0. The summed E-state index contributed by atoms with van der Waals surface area (Å²) >= 11 is 0. The molecule has 0 aromatic rings. The molecule has 0 aromatic heterocycles. The Morgan fingerprint density at radius 1 is 1.31 bits per heavy atom. The van der Waals surface area contributed by atoms with Crippen molar-refractivity contribution < 1.29 is 4.74 Å². The number of methoxy groups -OCH3 is 1. The van der Waals surface area contributed by atoms with Crippen molar-refractivity contribution in [1.29, 1.82) is 0 Å². The van der Waals surface area contributed by atoms with Crippen molar-refractivity contribution in [2.24, 2.45) is 5.92 Å². The smallest absolute Gasteiger partial charge is 0.0474 e. The first kappa shape index (κ1) is 15.9. The monoisotopic (exact) mass is 230 g/mol. The van der Waals surface area contributed by atoms with Crippen molar-refractivity contribution in [3.63, 3.8) is 0 Å². The zero-order chi connectivity index (χ0) is 12.6. The predicted octanol–water partition coefficient (Wildman–Crippen LogP) is 1.98. The number of rotatable bonds is 8. The quantitative estimate of drug-likeness (QED) is 0.645. The molecule has 0 radical (unpaired) electrons. The number of hydrogen-bond acceptors (Lipinski definition) is 3. The molecule has 0 amide bonds. The molecule has 0 aliphatic rings. The van der Waals surface area contributed by atoms with Crippen LogP contribution in [0.1, 0.15) is 34.1 Å². The van der Waals surface area contributed by atoms with Gasteiger partial charge in [-0.2, -0.15) is 0 Å². The predicted molar refractivity (Wildman–Crippen MR) is 70.9 cm³/mol. The Labute approximate surface area is 102 Å². The molecule has 0 saturated carbocycles. The molecule has 16 heavy (non-hydrogen) atoms. The van der Waals surface area contributed by atoms with Crippen LogP contribution < -0.4 is 5.32 Å². The third kappa shape index (κ3) is 10.4. The molecule has 0 aromatic carbocycles. The fraction of sp³-hybridized carbons (Fsp3) is 1.00. The van der Waals surface area contributed by atoms with E-state index in [0.717, 1.165) is 32.7 Å². The van der Waals surface area contributed by atoms with E-state index < -0.39 is 0 Å². The minimum absolute atomic E-state index is 0.225. The highest BCUT2D eigenvalue weighted by Gasteiger charge is 2.12. The van der Waals surface area contributed by atoms with E-state index >= 15 is 0 Å². The Kier molecular flexibility index (Phi) is 7.98. The lowest BCUT2D eigenvalue weighted by molar-refractivity contribution is 0.174. The summed E-state index contributed by atoms with van der Waals surface area (Å²) in [5.74, 6) is 0.687. The van der Waals surface area contributed by atoms with Gasteiger partial charge in [-0.1, -0.05) is 6.92 Å². The van der Waals surface area contributed by atoms with E-state index in [9.17, 15) is 0 Å². The second-order valence-corrected chi connectivity index (χ2v) is 5.84. The average molecular weight is 230 g/mol. The van der Waals surface area contributed by atoms with Crippen LogP contribution in [0.15, 0.2) is 0 Å². The molecule has 0 fully saturated rings. The van der Waals surface area contributed by atoms with Crippen LogP contribution in [-0.2, 0) is 4.74 Å². The third-order valence-electron chi connectivity index (χ3n) is 2.49. The fourth-order valence-electron chi connectivity index (χ4n) is 1.65. The second kappa shape index (κ2) is 8.04. The summed E-state index contributed by atoms with van der Waals surface area (Å²) in [7, 11) is 3.94. The first-order valence-corrected chi connectivity index (χ1v) is 6.27. The summed E-state index contributed by atoms with van der Waals surface area (Å²) < 4.78 is 5.05. The Balaban J connectivity index is 3.57. The highest BCUT2D eigenvalue weighted by atomic mass is 16.5. The largest absolute Gasteiger partial charge is 0.385 e. The van der Waals surface area contributed by atoms with Crippen LogP contribution in [-0.4, -0.2) is 50.8 Å². The molecule has 98 valence electrons. The van der Waals surface area contributed by atoms with Gasteiger partial charge in [0.1, 0.15) is 0 Å². The van der Waals surface area contributed by atoms with E-state index in [1.54, 1.807) is 7.11 Å². The van der Waals surface area contributed by atoms with Gasteiger partial charge in [0.2, 0.25) is 0 Å². The van der Waals surface area contributed by atoms with Crippen LogP contribution in [0.4, 0.5) is 0 Å². The molecule has 1 N–H and O–H groups in total. The maximum atomic E-state index is 5.05. The molecular weight excluding hydrogens is 200 g/mol. The van der Waals surface area contributed by atoms with Gasteiger partial charge in [-0.25, -0.2) is 0 Å². The molecule has 1 atom stereocenters. The molecule has 1 unspecified atom stereocenters. The molecule has 0 heterocycles. The van der Waals surface area contributed by atoms with Crippen molar-refractivity contribution >= 4 is 0 Å². The van der Waals surface area contributed by atoms with Gasteiger partial charge < -0.3 is 15.0 Å². The first-order chi connectivity index (χ1) is 7.35. The van der Waals surface area contributed by atoms with E-state index in [2.05, 4.69) is 45.0 Å². The van der Waals surface area contributed by atoms with E-state index in [-0.39, 0.29) is 5.54 Å². The molecule has 0 rings (SSSR count). The Hall–Kier alpha value is -0.120. The Morgan fingerprint density at radius 2 is 1.94 bits per heavy atom. The van der Waals surface area contributed by atoms with Crippen LogP contribution >= 0.6 is 0 Å². The highest BCUT2D eigenvalue weighted by Crippen LogP contribution is 2.03. The van der Waals surface area contributed by atoms with Crippen molar-refractivity contribution in [2.75, 3.05) is 40.4 Å². The first-order valence-electron chi connectivity index (χ1n) is 6.27. The average Bonchev–Trinajstić information content (AvgIpc) is 2.14. The van der Waals surface area contributed by atoms with Crippen LogP contribution in [0.3, 0.4) is 0 Å². The normalized spacial score (nSPS) is 14.4. The molecule has 0 bridgehead atoms. The summed E-state index contributed by atoms with van der Waals surface area (Å²) in [5, 5.41) is 3.54. The molecular formula is C13H30N2O. The van der Waals surface area contributed by atoms with Crippen LogP contribution in [0.5, 0.6) is 0 Å². The van der Waals surface area contributed by atoms with E-state index in [1.807, 2.05) is 0 Å². The molecule has 0 aliphatic carbocycles. The summed E-state index contributed by atoms with van der Waals surface area (Å²) in [6.45, 7) is 13.1. The topological polar surface area (TPSA) is 24.5 Å². The van der Waals surface area contributed by atoms with E-state index in [0.29, 0.717) is 5.92 Å². The second-order valence-electron chi connectivity index (χ2n) is 5.84. The van der Waals surface area contributed by atoms with Crippen LogP contribution in [0.2, 0.25) is 0 Å². The molecule has 0 spiro atoms. The maximum Gasteiger partial charge on any atom is 0.0474 e. The lowest BCUT2D eigenvalue weighted by Gasteiger charge is -2.26. The lowest BCUT2D eigenvalue weighted by Crippen LogP contribution is -2.41. The minimum atomic E-state index is 0.225. The van der Waals surface area contributed by atoms with Gasteiger partial charge in [-0.05, 0) is 46.7 Å². The number of hydrogen-bond donors (Lipinski definition) is 1. The van der Waals surface area contributed by atoms with Gasteiger partial charge in [0, 0.05) is 32.3 Å². The number of nitrogens with zero attached hydrogens (tertiary/aromatic N) is 1. The molecule has 3 heteroatoms. The fourth-order valence-corrected chi connectivity index (χ4v) is 1.65. The summed E-state index contributed by atoms with van der Waals surface area (Å²) in [5.41, 5.74) is 0.225. The van der Waals surface area contributed by atoms with Gasteiger partial charge in [0.05, 0.1) is 0 Å². The van der Waals surface area contributed by atoms with E-state index in [4.69, 9.17) is 4.74 Å². The van der Waals surface area contributed by atoms with Crippen LogP contribution in [0.25, 0.3) is 0 Å². The Bertz CT molecular complexity index is 166. The standard InChI is InChI=1S/C13H30N2O/c1-12(10-14-13(2,3)4)11-15(5)8-7-9-16-6/h12,14H,7-11H2,1-6H3. The van der Waals surface area contributed by atoms with Gasteiger partial charge in [-0.15, -0.1) is 0 Å². The third-order valence-corrected chi connectivity index (χ3v) is 2.49. The van der Waals surface area contributed by atoms with Gasteiger partial charge in [0.25, 0.3) is 0 Å². The van der Waals surface area contributed by atoms with Gasteiger partial charge in [-0.3, -0.25) is 0 Å².